The lowest BCUT2D eigenvalue weighted by Gasteiger charge is -2.34. The van der Waals surface area contributed by atoms with Gasteiger partial charge in [0, 0.05) is 19.2 Å². The van der Waals surface area contributed by atoms with Gasteiger partial charge in [0.1, 0.15) is 5.75 Å². The molecule has 0 N–H and O–H groups in total. The molecule has 0 bridgehead atoms. The number of hydrogen-bond donors (Lipinski definition) is 0. The van der Waals surface area contributed by atoms with Crippen LogP contribution in [0.15, 0.2) is 27.6 Å². The second-order valence-electron chi connectivity index (χ2n) is 5.79. The molecule has 118 valence electrons. The maximum absolute atomic E-state index is 12.8. The summed E-state index contributed by atoms with van der Waals surface area (Å²) in [5.74, 6) is 1.35. The normalized spacial score (nSPS) is 24.0. The summed E-state index contributed by atoms with van der Waals surface area (Å²) < 4.78 is 33.4. The number of piperidine rings is 1. The molecule has 0 saturated carbocycles. The van der Waals surface area contributed by atoms with Crippen LogP contribution in [-0.4, -0.2) is 32.4 Å². The lowest BCUT2D eigenvalue weighted by Crippen LogP contribution is -2.42. The van der Waals surface area contributed by atoms with Crippen LogP contribution in [0.3, 0.4) is 0 Å². The maximum atomic E-state index is 12.8. The summed E-state index contributed by atoms with van der Waals surface area (Å²) in [4.78, 5) is 0.301. The molecule has 1 fully saturated rings. The molecule has 0 radical (unpaired) electrons. The van der Waals surface area contributed by atoms with Gasteiger partial charge >= 0.3 is 0 Å². The average molecular weight is 376 g/mol. The average Bonchev–Trinajstić information content (AvgIpc) is 2.40. The summed E-state index contributed by atoms with van der Waals surface area (Å²) in [6.45, 7) is 7.76. The van der Waals surface area contributed by atoms with E-state index in [2.05, 4.69) is 29.8 Å². The third-order valence-corrected chi connectivity index (χ3v) is 6.16. The molecule has 1 heterocycles. The fourth-order valence-corrected chi connectivity index (χ4v) is 4.92. The van der Waals surface area contributed by atoms with Crippen LogP contribution in [0.4, 0.5) is 0 Å². The Morgan fingerprint density at radius 1 is 1.29 bits per heavy atom. The van der Waals surface area contributed by atoms with Gasteiger partial charge in [0.15, 0.2) is 0 Å². The summed E-state index contributed by atoms with van der Waals surface area (Å²) in [6, 6.07) is 4.97. The third-order valence-electron chi connectivity index (χ3n) is 3.68. The van der Waals surface area contributed by atoms with Crippen molar-refractivity contribution < 1.29 is 13.2 Å². The maximum Gasteiger partial charge on any atom is 0.243 e. The fourth-order valence-electron chi connectivity index (χ4n) is 2.86. The minimum Gasteiger partial charge on any atom is -0.493 e. The lowest BCUT2D eigenvalue weighted by atomic mass is 9.94. The molecule has 1 aliphatic heterocycles. The topological polar surface area (TPSA) is 46.6 Å². The van der Waals surface area contributed by atoms with E-state index in [-0.39, 0.29) is 0 Å². The predicted octanol–water partition coefficient (Wildman–Crippen LogP) is 3.51. The van der Waals surface area contributed by atoms with Crippen molar-refractivity contribution in [3.8, 4) is 5.75 Å². The quantitative estimate of drug-likeness (QED) is 0.808. The summed E-state index contributed by atoms with van der Waals surface area (Å²) in [5.41, 5.74) is 0. The van der Waals surface area contributed by atoms with Crippen LogP contribution in [0, 0.1) is 11.8 Å². The van der Waals surface area contributed by atoms with Gasteiger partial charge in [-0.15, -0.1) is 0 Å². The van der Waals surface area contributed by atoms with Gasteiger partial charge in [0.05, 0.1) is 16.0 Å². The van der Waals surface area contributed by atoms with E-state index in [4.69, 9.17) is 4.74 Å². The second-order valence-corrected chi connectivity index (χ2v) is 8.59. The summed E-state index contributed by atoms with van der Waals surface area (Å²) in [6.07, 6.45) is 1.08. The van der Waals surface area contributed by atoms with Crippen LogP contribution in [-0.2, 0) is 10.0 Å². The van der Waals surface area contributed by atoms with Crippen LogP contribution in [0.2, 0.25) is 0 Å². The van der Waals surface area contributed by atoms with Gasteiger partial charge in [0.25, 0.3) is 0 Å². The molecule has 0 aliphatic carbocycles. The van der Waals surface area contributed by atoms with Crippen molar-refractivity contribution in [2.45, 2.75) is 32.1 Å². The number of sulfonamides is 1. The van der Waals surface area contributed by atoms with Crippen molar-refractivity contribution >= 4 is 26.0 Å². The van der Waals surface area contributed by atoms with Crippen LogP contribution < -0.4 is 4.74 Å². The Balaban J connectivity index is 2.33. The van der Waals surface area contributed by atoms with Gasteiger partial charge in [-0.1, -0.05) is 13.8 Å². The summed E-state index contributed by atoms with van der Waals surface area (Å²) in [7, 11) is -3.45. The second kappa shape index (κ2) is 6.67. The van der Waals surface area contributed by atoms with Crippen LogP contribution in [0.5, 0.6) is 5.75 Å². The molecule has 2 atom stereocenters. The first-order chi connectivity index (χ1) is 9.84. The Morgan fingerprint density at radius 2 is 1.90 bits per heavy atom. The standard InChI is InChI=1S/C15H22BrNO3S/c1-4-20-15-8-13(5-6-14(15)16)21(18,19)17-9-11(2)7-12(3)10-17/h5-6,8,11-12H,4,7,9-10H2,1-3H3/t11-,12+. The molecule has 2 rings (SSSR count). The third kappa shape index (κ3) is 3.79. The first kappa shape index (κ1) is 16.8. The van der Waals surface area contributed by atoms with Gasteiger partial charge in [-0.2, -0.15) is 4.31 Å². The molecule has 0 amide bonds. The Labute approximate surface area is 135 Å². The van der Waals surface area contributed by atoms with Crippen molar-refractivity contribution in [1.29, 1.82) is 0 Å². The smallest absolute Gasteiger partial charge is 0.243 e. The van der Waals surface area contributed by atoms with E-state index in [0.717, 1.165) is 10.9 Å². The van der Waals surface area contributed by atoms with E-state index in [1.807, 2.05) is 6.92 Å². The van der Waals surface area contributed by atoms with Crippen molar-refractivity contribution in [1.82, 2.24) is 4.31 Å². The monoisotopic (exact) mass is 375 g/mol. The SMILES string of the molecule is CCOc1cc(S(=O)(=O)N2C[C@H](C)C[C@H](C)C2)ccc1Br. The first-order valence-electron chi connectivity index (χ1n) is 7.27. The van der Waals surface area contributed by atoms with Crippen LogP contribution in [0.25, 0.3) is 0 Å². The highest BCUT2D eigenvalue weighted by atomic mass is 79.9. The molecule has 4 nitrogen and oxygen atoms in total. The molecule has 1 aromatic carbocycles. The number of hydrogen-bond acceptors (Lipinski definition) is 3. The van der Waals surface area contributed by atoms with E-state index in [9.17, 15) is 8.42 Å². The molecule has 1 aliphatic rings. The molecule has 0 aromatic heterocycles. The summed E-state index contributed by atoms with van der Waals surface area (Å²) in [5, 5.41) is 0. The van der Waals surface area contributed by atoms with Crippen LogP contribution >= 0.6 is 15.9 Å². The molecule has 21 heavy (non-hydrogen) atoms. The van der Waals surface area contributed by atoms with E-state index in [1.165, 1.54) is 0 Å². The molecular formula is C15H22BrNO3S. The Hall–Kier alpha value is -0.590. The number of nitrogens with zero attached hydrogens (tertiary/aromatic N) is 1. The van der Waals surface area contributed by atoms with Gasteiger partial charge in [-0.05, 0) is 53.2 Å². The minimum atomic E-state index is -3.45. The zero-order chi connectivity index (χ0) is 15.6. The molecule has 0 spiro atoms. The number of benzene rings is 1. The molecule has 1 saturated heterocycles. The van der Waals surface area contributed by atoms with Crippen LogP contribution in [0.1, 0.15) is 27.2 Å². The highest BCUT2D eigenvalue weighted by Crippen LogP contribution is 2.31. The highest BCUT2D eigenvalue weighted by Gasteiger charge is 2.32. The molecule has 1 aromatic rings. The zero-order valence-corrected chi connectivity index (χ0v) is 15.1. The van der Waals surface area contributed by atoms with Gasteiger partial charge in [0.2, 0.25) is 10.0 Å². The minimum absolute atomic E-state index is 0.301. The van der Waals surface area contributed by atoms with E-state index in [0.29, 0.717) is 42.2 Å². The zero-order valence-electron chi connectivity index (χ0n) is 12.7. The van der Waals surface area contributed by atoms with Gasteiger partial charge in [-0.25, -0.2) is 8.42 Å². The molecule has 6 heteroatoms. The Kier molecular flexibility index (Phi) is 5.33. The highest BCUT2D eigenvalue weighted by molar-refractivity contribution is 9.10. The number of halogens is 1. The number of ether oxygens (including phenoxy) is 1. The van der Waals surface area contributed by atoms with E-state index >= 15 is 0 Å². The lowest BCUT2D eigenvalue weighted by molar-refractivity contribution is 0.222. The van der Waals surface area contributed by atoms with Crippen molar-refractivity contribution in [3.05, 3.63) is 22.7 Å². The van der Waals surface area contributed by atoms with Crippen molar-refractivity contribution in [2.24, 2.45) is 11.8 Å². The Bertz CT molecular complexity index is 593. The Morgan fingerprint density at radius 3 is 2.48 bits per heavy atom. The van der Waals surface area contributed by atoms with Gasteiger partial charge < -0.3 is 4.74 Å². The van der Waals surface area contributed by atoms with Gasteiger partial charge in [-0.3, -0.25) is 0 Å². The van der Waals surface area contributed by atoms with Crippen molar-refractivity contribution in [2.75, 3.05) is 19.7 Å². The van der Waals surface area contributed by atoms with Crippen molar-refractivity contribution in [3.63, 3.8) is 0 Å². The van der Waals surface area contributed by atoms with E-state index in [1.54, 1.807) is 22.5 Å². The van der Waals surface area contributed by atoms with E-state index < -0.39 is 10.0 Å². The summed E-state index contributed by atoms with van der Waals surface area (Å²) >= 11 is 3.38. The molecular weight excluding hydrogens is 354 g/mol. The fraction of sp³-hybridized carbons (Fsp3) is 0.600. The molecule has 0 unspecified atom stereocenters. The number of rotatable bonds is 4. The predicted molar refractivity (Wildman–Crippen MR) is 87.0 cm³/mol. The first-order valence-corrected chi connectivity index (χ1v) is 9.50. The largest absolute Gasteiger partial charge is 0.493 e.